The van der Waals surface area contributed by atoms with E-state index in [0.29, 0.717) is 22.9 Å². The Kier molecular flexibility index (Phi) is 5.22. The van der Waals surface area contributed by atoms with Crippen LogP contribution in [0.2, 0.25) is 0 Å². The maximum atomic E-state index is 13.3. The van der Waals surface area contributed by atoms with Crippen molar-refractivity contribution in [1.82, 2.24) is 0 Å². The highest BCUT2D eigenvalue weighted by atomic mass is 32.2. The van der Waals surface area contributed by atoms with Crippen LogP contribution in [0.1, 0.15) is 0 Å². The van der Waals surface area contributed by atoms with Gasteiger partial charge in [0.05, 0.1) is 38.4 Å². The van der Waals surface area contributed by atoms with Gasteiger partial charge in [-0.3, -0.25) is 4.90 Å². The molecule has 0 bridgehead atoms. The summed E-state index contributed by atoms with van der Waals surface area (Å²) < 4.78 is 16.1. The second-order valence-electron chi connectivity index (χ2n) is 6.22. The summed E-state index contributed by atoms with van der Waals surface area (Å²) in [5, 5.41) is 2.96. The molecule has 1 aliphatic heterocycles. The quantitative estimate of drug-likeness (QED) is 0.614. The van der Waals surface area contributed by atoms with Crippen molar-refractivity contribution in [3.63, 3.8) is 0 Å². The minimum atomic E-state index is -0.278. The highest BCUT2D eigenvalue weighted by molar-refractivity contribution is 7.99. The first kappa shape index (κ1) is 19.0. The molecule has 0 atom stereocenters. The molecule has 0 saturated carbocycles. The molecule has 0 spiro atoms. The minimum Gasteiger partial charge on any atom is -0.493 e. The molecule has 7 heteroatoms. The van der Waals surface area contributed by atoms with E-state index in [0.717, 1.165) is 21.2 Å². The van der Waals surface area contributed by atoms with Crippen LogP contribution in [-0.4, -0.2) is 27.4 Å². The number of carbonyl (C=O) groups excluding carboxylic acids is 1. The molecule has 1 heterocycles. The number of nitrogens with one attached hydrogen (secondary N) is 1. The first-order valence-corrected chi connectivity index (χ1v) is 9.75. The Balaban J connectivity index is 1.73. The summed E-state index contributed by atoms with van der Waals surface area (Å²) in [5.74, 6) is 1.41. The van der Waals surface area contributed by atoms with Crippen LogP contribution < -0.4 is 24.4 Å². The van der Waals surface area contributed by atoms with Crippen LogP contribution in [0, 0.1) is 0 Å². The standard InChI is InChI=1S/C22H20N2O4S/c1-26-17-12-14(13-18(27-2)21(17)28-3)23-22(25)24-15-8-4-6-10-19(15)29-20-11-7-5-9-16(20)24/h4-13H,1-3H3,(H,23,25). The van der Waals surface area contributed by atoms with Gasteiger partial charge in [-0.05, 0) is 24.3 Å². The third-order valence-electron chi connectivity index (χ3n) is 4.55. The molecule has 1 N–H and O–H groups in total. The van der Waals surface area contributed by atoms with Gasteiger partial charge in [0.25, 0.3) is 0 Å². The minimum absolute atomic E-state index is 0.278. The number of hydrogen-bond donors (Lipinski definition) is 1. The van der Waals surface area contributed by atoms with Crippen LogP contribution in [0.25, 0.3) is 0 Å². The van der Waals surface area contributed by atoms with E-state index in [1.807, 2.05) is 48.5 Å². The van der Waals surface area contributed by atoms with Gasteiger partial charge in [-0.2, -0.15) is 0 Å². The lowest BCUT2D eigenvalue weighted by atomic mass is 10.2. The van der Waals surface area contributed by atoms with Crippen LogP contribution >= 0.6 is 11.8 Å². The summed E-state index contributed by atoms with van der Waals surface area (Å²) in [6, 6.07) is 18.8. The molecule has 4 rings (SSSR count). The van der Waals surface area contributed by atoms with Gasteiger partial charge >= 0.3 is 6.03 Å². The van der Waals surface area contributed by atoms with Crippen LogP contribution in [0.4, 0.5) is 21.9 Å². The van der Waals surface area contributed by atoms with Crippen LogP contribution in [0.15, 0.2) is 70.5 Å². The summed E-state index contributed by atoms with van der Waals surface area (Å²) in [6.45, 7) is 0. The molecule has 148 valence electrons. The van der Waals surface area contributed by atoms with Crippen molar-refractivity contribution >= 4 is 34.9 Å². The van der Waals surface area contributed by atoms with E-state index in [1.54, 1.807) is 28.8 Å². The van der Waals surface area contributed by atoms with E-state index in [1.165, 1.54) is 21.3 Å². The highest BCUT2D eigenvalue weighted by Gasteiger charge is 2.28. The van der Waals surface area contributed by atoms with E-state index in [2.05, 4.69) is 5.32 Å². The average Bonchev–Trinajstić information content (AvgIpc) is 2.76. The number of para-hydroxylation sites is 2. The second-order valence-corrected chi connectivity index (χ2v) is 7.30. The van der Waals surface area contributed by atoms with Crippen molar-refractivity contribution in [3.8, 4) is 17.2 Å². The maximum absolute atomic E-state index is 13.3. The smallest absolute Gasteiger partial charge is 0.331 e. The van der Waals surface area contributed by atoms with Gasteiger partial charge in [0, 0.05) is 21.9 Å². The lowest BCUT2D eigenvalue weighted by molar-refractivity contribution is 0.258. The predicted molar refractivity (Wildman–Crippen MR) is 114 cm³/mol. The fourth-order valence-electron chi connectivity index (χ4n) is 3.26. The number of fused-ring (bicyclic) bond motifs is 2. The fourth-order valence-corrected chi connectivity index (χ4v) is 4.31. The Hall–Kier alpha value is -3.32. The molecule has 3 aromatic rings. The Bertz CT molecular complexity index is 1000. The molecule has 1 aliphatic rings. The van der Waals surface area contributed by atoms with E-state index >= 15 is 0 Å². The number of anilines is 3. The first-order valence-electron chi connectivity index (χ1n) is 8.93. The largest absolute Gasteiger partial charge is 0.493 e. The first-order chi connectivity index (χ1) is 14.2. The summed E-state index contributed by atoms with van der Waals surface area (Å²) in [4.78, 5) is 17.1. The van der Waals surface area contributed by atoms with E-state index < -0.39 is 0 Å². The van der Waals surface area contributed by atoms with E-state index in [9.17, 15) is 4.79 Å². The molecule has 6 nitrogen and oxygen atoms in total. The molecule has 0 unspecified atom stereocenters. The normalized spacial score (nSPS) is 11.9. The van der Waals surface area contributed by atoms with Crippen molar-refractivity contribution in [1.29, 1.82) is 0 Å². The fraction of sp³-hybridized carbons (Fsp3) is 0.136. The molecule has 0 saturated heterocycles. The number of nitrogens with zero attached hydrogens (tertiary/aromatic N) is 1. The zero-order valence-corrected chi connectivity index (χ0v) is 17.1. The number of methoxy groups -OCH3 is 3. The summed E-state index contributed by atoms with van der Waals surface area (Å²) in [7, 11) is 4.62. The van der Waals surface area contributed by atoms with Crippen LogP contribution in [0.3, 0.4) is 0 Å². The molecule has 0 fully saturated rings. The summed E-state index contributed by atoms with van der Waals surface area (Å²) >= 11 is 1.65. The summed E-state index contributed by atoms with van der Waals surface area (Å²) in [6.07, 6.45) is 0. The summed E-state index contributed by atoms with van der Waals surface area (Å²) in [5.41, 5.74) is 2.21. The number of rotatable bonds is 4. The third-order valence-corrected chi connectivity index (χ3v) is 5.68. The van der Waals surface area contributed by atoms with Gasteiger partial charge in [-0.25, -0.2) is 4.79 Å². The number of urea groups is 1. The second kappa shape index (κ2) is 7.97. The van der Waals surface area contributed by atoms with Gasteiger partial charge in [0.15, 0.2) is 11.5 Å². The number of benzene rings is 3. The topological polar surface area (TPSA) is 60.0 Å². The molecule has 0 radical (unpaired) electrons. The van der Waals surface area contributed by atoms with Crippen molar-refractivity contribution < 1.29 is 19.0 Å². The SMILES string of the molecule is COc1cc(NC(=O)N2c3ccccc3Sc3ccccc32)cc(OC)c1OC. The average molecular weight is 408 g/mol. The van der Waals surface area contributed by atoms with Gasteiger partial charge in [0.2, 0.25) is 5.75 Å². The molecular formula is C22H20N2O4S. The Morgan fingerprint density at radius 1 is 0.828 bits per heavy atom. The van der Waals surface area contributed by atoms with E-state index in [-0.39, 0.29) is 6.03 Å². The molecular weight excluding hydrogens is 388 g/mol. The number of carbonyl (C=O) groups is 1. The van der Waals surface area contributed by atoms with Gasteiger partial charge in [-0.15, -0.1) is 0 Å². The van der Waals surface area contributed by atoms with Crippen molar-refractivity contribution in [2.24, 2.45) is 0 Å². The predicted octanol–water partition coefficient (Wildman–Crippen LogP) is 5.55. The van der Waals surface area contributed by atoms with Gasteiger partial charge < -0.3 is 19.5 Å². The van der Waals surface area contributed by atoms with E-state index in [4.69, 9.17) is 14.2 Å². The van der Waals surface area contributed by atoms with Gasteiger partial charge in [-0.1, -0.05) is 36.0 Å². The zero-order valence-electron chi connectivity index (χ0n) is 16.3. The zero-order chi connectivity index (χ0) is 20.4. The van der Waals surface area contributed by atoms with Gasteiger partial charge in [0.1, 0.15) is 0 Å². The molecule has 0 aliphatic carbocycles. The molecule has 2 amide bonds. The van der Waals surface area contributed by atoms with Crippen molar-refractivity contribution in [3.05, 3.63) is 60.7 Å². The number of amides is 2. The molecule has 3 aromatic carbocycles. The Morgan fingerprint density at radius 3 is 1.83 bits per heavy atom. The maximum Gasteiger partial charge on any atom is 0.331 e. The monoisotopic (exact) mass is 408 g/mol. The lowest BCUT2D eigenvalue weighted by Crippen LogP contribution is -2.32. The highest BCUT2D eigenvalue weighted by Crippen LogP contribution is 2.48. The Morgan fingerprint density at radius 2 is 1.34 bits per heavy atom. The molecule has 0 aromatic heterocycles. The molecule has 29 heavy (non-hydrogen) atoms. The lowest BCUT2D eigenvalue weighted by Gasteiger charge is -2.31. The van der Waals surface area contributed by atoms with Crippen molar-refractivity contribution in [2.75, 3.05) is 31.5 Å². The third kappa shape index (κ3) is 3.45. The Labute approximate surface area is 173 Å². The van der Waals surface area contributed by atoms with Crippen molar-refractivity contribution in [2.45, 2.75) is 9.79 Å². The number of ether oxygens (including phenoxy) is 3. The van der Waals surface area contributed by atoms with Crippen LogP contribution in [-0.2, 0) is 0 Å². The van der Waals surface area contributed by atoms with Crippen LogP contribution in [0.5, 0.6) is 17.2 Å². The number of hydrogen-bond acceptors (Lipinski definition) is 5.